The van der Waals surface area contributed by atoms with Crippen LogP contribution in [0.4, 0.5) is 0 Å². The monoisotopic (exact) mass is 753 g/mol. The van der Waals surface area contributed by atoms with Crippen LogP contribution in [0.1, 0.15) is 104 Å². The van der Waals surface area contributed by atoms with E-state index in [2.05, 4.69) is 13.2 Å². The van der Waals surface area contributed by atoms with Gasteiger partial charge in [-0.15, -0.1) is 22.1 Å². The minimum absolute atomic E-state index is 0. The fraction of sp³-hybridized carbons (Fsp3) is 0.333. The molecule has 1 unspecified atom stereocenters. The van der Waals surface area contributed by atoms with Crippen LogP contribution in [0.2, 0.25) is 0 Å². The van der Waals surface area contributed by atoms with Crippen molar-refractivity contribution in [2.75, 3.05) is 6.54 Å². The molecule has 0 radical (unpaired) electrons. The molecule has 0 saturated carbocycles. The number of carboxylic acids is 1. The summed E-state index contributed by atoms with van der Waals surface area (Å²) in [6, 6.07) is 7.72. The molecule has 1 N–H and O–H groups in total. The number of imide groups is 1. The molecule has 0 aromatic carbocycles. The predicted molar refractivity (Wildman–Crippen MR) is 204 cm³/mol. The Bertz CT molecular complexity index is 2310. The van der Waals surface area contributed by atoms with E-state index in [9.17, 15) is 24.3 Å². The maximum absolute atomic E-state index is 13.2. The molecular formula is C42H43FeN5O5. The predicted octanol–water partition coefficient (Wildman–Crippen LogP) is 7.42. The van der Waals surface area contributed by atoms with Crippen LogP contribution in [-0.4, -0.2) is 50.1 Å². The average molecular weight is 754 g/mol. The molecule has 2 amide bonds. The summed E-state index contributed by atoms with van der Waals surface area (Å²) in [6.45, 7) is 18.0. The topological polar surface area (TPSA) is 146 Å². The van der Waals surface area contributed by atoms with Crippen molar-refractivity contribution in [2.24, 2.45) is 5.92 Å². The molecule has 0 spiro atoms. The number of fused-ring (bicyclic) bond motifs is 8. The number of hydrogen-bond donors (Lipinski definition) is 1. The zero-order chi connectivity index (χ0) is 37.4. The molecule has 6 heterocycles. The number of nitrogens with zero attached hydrogens (tertiary/aromatic N) is 5. The van der Waals surface area contributed by atoms with Gasteiger partial charge in [0, 0.05) is 43.7 Å². The molecule has 3 aliphatic rings. The number of rotatable bonds is 12. The molecule has 10 nitrogen and oxygen atoms in total. The number of Topliss-reactive ketones (excluding diaryl/α,β-unsaturated/α-hetero) is 1. The standard InChI is InChI=1S/C42H44N5O5.Fe/c1-8-28-23(4)32-18-33-25(6)30(13-12-27(48)11-10-16-47-40(49)17-22(3)42(47)52)38(45-33)21-39-31(14-15-41(50)51)26(7)35(46-39)20-37-29(9-2)24(5)34(44-37)19-36(28)43-32;/h8-9,18-22H,1-2,10-17H2,3-7H3,(H2-,43,44,45,46,50,51);/q-1;+2/p-1. The van der Waals surface area contributed by atoms with Gasteiger partial charge in [0.15, 0.2) is 0 Å². The molecule has 1 atom stereocenters. The molecule has 1 fully saturated rings. The summed E-state index contributed by atoms with van der Waals surface area (Å²) in [5.41, 5.74) is 12.8. The molecule has 3 aromatic heterocycles. The van der Waals surface area contributed by atoms with Gasteiger partial charge in [0.05, 0.1) is 22.8 Å². The molecule has 6 rings (SSSR count). The minimum Gasteiger partial charge on any atom is -0.657 e. The molecule has 53 heavy (non-hydrogen) atoms. The number of carboxylic acid groups (broad SMARTS) is 1. The van der Waals surface area contributed by atoms with Crippen LogP contribution in [-0.2, 0) is 42.7 Å². The fourth-order valence-electron chi connectivity index (χ4n) is 7.29. The first kappa shape index (κ1) is 39.1. The van der Waals surface area contributed by atoms with Gasteiger partial charge in [-0.1, -0.05) is 73.2 Å². The van der Waals surface area contributed by atoms with E-state index in [-0.39, 0.29) is 79.2 Å². The third kappa shape index (κ3) is 7.68. The molecule has 11 heteroatoms. The van der Waals surface area contributed by atoms with E-state index < -0.39 is 5.97 Å². The Morgan fingerprint density at radius 3 is 2.11 bits per heavy atom. The maximum Gasteiger partial charge on any atom is 2.00 e. The first-order valence-electron chi connectivity index (χ1n) is 17.7. The summed E-state index contributed by atoms with van der Waals surface area (Å²) in [5, 5.41) is 9.59. The third-order valence-corrected chi connectivity index (χ3v) is 10.4. The number of hydrogen-bond acceptors (Lipinski definition) is 6. The van der Waals surface area contributed by atoms with Crippen LogP contribution >= 0.6 is 0 Å². The Hall–Kier alpha value is -5.12. The van der Waals surface area contributed by atoms with E-state index in [1.807, 2.05) is 52.0 Å². The molecule has 3 aromatic rings. The van der Waals surface area contributed by atoms with Gasteiger partial charge in [0.2, 0.25) is 11.8 Å². The SMILES string of the molecule is C=CC1=C(C)c2cc3[n-]c(cc4nc(cc5[n-]c(cc1n2)c(C)c5C=C)C(C)=C4CCC(=O)O)c(CCC(=O)CCCN1C(=O)CC(C)C1=O)c3C.[Fe+2]. The zero-order valence-electron chi connectivity index (χ0n) is 30.8. The van der Waals surface area contributed by atoms with Gasteiger partial charge in [0.1, 0.15) is 5.78 Å². The van der Waals surface area contributed by atoms with Crippen LogP contribution in [0.5, 0.6) is 0 Å². The van der Waals surface area contributed by atoms with Crippen molar-refractivity contribution < 1.29 is 41.4 Å². The Morgan fingerprint density at radius 1 is 0.830 bits per heavy atom. The smallest absolute Gasteiger partial charge is 0.657 e. The van der Waals surface area contributed by atoms with E-state index in [4.69, 9.17) is 19.9 Å². The van der Waals surface area contributed by atoms with Crippen LogP contribution in [0, 0.1) is 19.8 Å². The van der Waals surface area contributed by atoms with Gasteiger partial charge < -0.3 is 15.1 Å². The summed E-state index contributed by atoms with van der Waals surface area (Å²) in [5.74, 6) is -1.53. The molecule has 1 saturated heterocycles. The van der Waals surface area contributed by atoms with Gasteiger partial charge >= 0.3 is 23.0 Å². The quantitative estimate of drug-likeness (QED) is 0.148. The van der Waals surface area contributed by atoms with Crippen molar-refractivity contribution in [3.8, 4) is 0 Å². The Balaban J connectivity index is 0.00000541. The Morgan fingerprint density at radius 2 is 1.45 bits per heavy atom. The number of carbonyl (C=O) groups is 4. The van der Waals surface area contributed by atoms with Crippen LogP contribution in [0.15, 0.2) is 43.5 Å². The van der Waals surface area contributed by atoms with E-state index in [1.54, 1.807) is 19.1 Å². The average Bonchev–Trinajstić information content (AvgIpc) is 3.82. The zero-order valence-corrected chi connectivity index (χ0v) is 31.9. The van der Waals surface area contributed by atoms with Crippen molar-refractivity contribution >= 4 is 74.0 Å². The Labute approximate surface area is 319 Å². The van der Waals surface area contributed by atoms with E-state index in [1.165, 1.54) is 4.90 Å². The van der Waals surface area contributed by atoms with Crippen LogP contribution in [0.3, 0.4) is 0 Å². The number of ketones is 1. The van der Waals surface area contributed by atoms with E-state index in [0.29, 0.717) is 40.8 Å². The molecule has 8 bridgehead atoms. The number of carbonyl (C=O) groups excluding carboxylic acids is 3. The summed E-state index contributed by atoms with van der Waals surface area (Å²) >= 11 is 0. The number of amides is 2. The largest absolute Gasteiger partial charge is 2.00 e. The van der Waals surface area contributed by atoms with Gasteiger partial charge in [-0.2, -0.15) is 0 Å². The molecule has 3 aliphatic heterocycles. The fourth-order valence-corrected chi connectivity index (χ4v) is 7.29. The Kier molecular flexibility index (Phi) is 11.7. The maximum atomic E-state index is 13.2. The molecule has 274 valence electrons. The van der Waals surface area contributed by atoms with E-state index >= 15 is 0 Å². The van der Waals surface area contributed by atoms with Gasteiger partial charge in [0.25, 0.3) is 0 Å². The van der Waals surface area contributed by atoms with Gasteiger partial charge in [-0.3, -0.25) is 24.1 Å². The first-order chi connectivity index (χ1) is 24.8. The second kappa shape index (κ2) is 15.9. The van der Waals surface area contributed by atoms with Gasteiger partial charge in [-0.25, -0.2) is 9.97 Å². The number of likely N-dealkylation sites (tertiary alicyclic amines) is 1. The van der Waals surface area contributed by atoms with Crippen molar-refractivity contribution in [3.05, 3.63) is 88.5 Å². The van der Waals surface area contributed by atoms with E-state index in [0.717, 1.165) is 61.5 Å². The molecular weight excluding hydrogens is 710 g/mol. The second-order valence-electron chi connectivity index (χ2n) is 13.8. The normalized spacial score (nSPS) is 15.6. The summed E-state index contributed by atoms with van der Waals surface area (Å²) in [4.78, 5) is 70.7. The number of aromatic nitrogens is 4. The van der Waals surface area contributed by atoms with Crippen molar-refractivity contribution in [1.82, 2.24) is 24.8 Å². The van der Waals surface area contributed by atoms with Crippen LogP contribution in [0.25, 0.3) is 50.4 Å². The van der Waals surface area contributed by atoms with Crippen molar-refractivity contribution in [3.63, 3.8) is 0 Å². The molecule has 0 aliphatic carbocycles. The minimum atomic E-state index is -0.903. The van der Waals surface area contributed by atoms with Crippen LogP contribution < -0.4 is 9.97 Å². The van der Waals surface area contributed by atoms with Crippen molar-refractivity contribution in [2.45, 2.75) is 79.6 Å². The van der Waals surface area contributed by atoms with Crippen molar-refractivity contribution in [1.29, 1.82) is 0 Å². The number of aryl methyl sites for hydroxylation is 3. The first-order valence-corrected chi connectivity index (χ1v) is 17.7. The summed E-state index contributed by atoms with van der Waals surface area (Å²) in [6.07, 6.45) is 5.37. The second-order valence-corrected chi connectivity index (χ2v) is 13.8. The summed E-state index contributed by atoms with van der Waals surface area (Å²) < 4.78 is 0. The summed E-state index contributed by atoms with van der Waals surface area (Å²) in [7, 11) is 0. The third-order valence-electron chi connectivity index (χ3n) is 10.4. The number of allylic oxidation sites excluding steroid dienone is 5. The number of aliphatic carboxylic acids is 1. The van der Waals surface area contributed by atoms with Gasteiger partial charge in [-0.05, 0) is 69.2 Å².